The molecule has 8 heteroatoms. The van der Waals surface area contributed by atoms with E-state index in [9.17, 15) is 14.7 Å². The number of carbonyl (C=O) groups excluding carboxylic acids is 2. The Morgan fingerprint density at radius 2 is 1.35 bits per heavy atom. The molecule has 0 heterocycles. The quantitative estimate of drug-likeness (QED) is 0.760. The van der Waals surface area contributed by atoms with Crippen molar-refractivity contribution in [2.24, 2.45) is 5.73 Å². The van der Waals surface area contributed by atoms with Crippen LogP contribution in [-0.2, 0) is 4.79 Å². The van der Waals surface area contributed by atoms with Crippen LogP contribution in [0.5, 0.6) is 0 Å². The Labute approximate surface area is 152 Å². The Morgan fingerprint density at radius 3 is 1.65 bits per heavy atom. The largest absolute Gasteiger partial charge is 0.378 e. The summed E-state index contributed by atoms with van der Waals surface area (Å²) in [6.45, 7) is 0. The molecule has 0 aliphatic heterocycles. The molecule has 122 valence electrons. The first-order valence-electron chi connectivity index (χ1n) is 6.10. The van der Waals surface area contributed by atoms with Crippen molar-refractivity contribution in [1.82, 2.24) is 0 Å². The normalized spacial score (nSPS) is 11.2. The van der Waals surface area contributed by atoms with Gasteiger partial charge in [-0.1, -0.05) is 58.5 Å². The maximum absolute atomic E-state index is 10.7. The van der Waals surface area contributed by atoms with Gasteiger partial charge >= 0.3 is 0 Å². The molecule has 2 aromatic carbocycles. The Morgan fingerprint density at radius 1 is 0.957 bits per heavy atom. The lowest BCUT2D eigenvalue weighted by atomic mass is 10.1. The van der Waals surface area contributed by atoms with Crippen LogP contribution in [0.4, 0.5) is 0 Å². The van der Waals surface area contributed by atoms with Crippen molar-refractivity contribution < 1.29 is 14.7 Å². The summed E-state index contributed by atoms with van der Waals surface area (Å²) in [7, 11) is 0. The van der Waals surface area contributed by atoms with E-state index in [0.29, 0.717) is 21.9 Å². The minimum atomic E-state index is -1.46. The van der Waals surface area contributed by atoms with Gasteiger partial charge in [-0.2, -0.15) is 0 Å². The first kappa shape index (κ1) is 19.7. The standard InChI is InChI=1S/C8H7Cl2NO2.C7H4Cl2O/c9-4-2-1-3-5(10)6(4)7(12)8(11)13;8-6-2-1-3-7(9)5(6)4-10/h1-3,7,12H,(H2,11,13);1-4H. The number of amides is 1. The SMILES string of the molecule is NC(=O)C(O)c1c(Cl)cccc1Cl.O=Cc1c(Cl)cccc1Cl. The molecule has 0 aliphatic rings. The molecule has 0 saturated carbocycles. The van der Waals surface area contributed by atoms with E-state index in [1.54, 1.807) is 24.3 Å². The molecule has 0 aromatic heterocycles. The van der Waals surface area contributed by atoms with Gasteiger partial charge in [0.1, 0.15) is 0 Å². The summed E-state index contributed by atoms with van der Waals surface area (Å²) in [6.07, 6.45) is -0.814. The molecule has 2 aromatic rings. The number of hydrogen-bond acceptors (Lipinski definition) is 3. The molecule has 2 rings (SSSR count). The molecule has 0 radical (unpaired) electrons. The van der Waals surface area contributed by atoms with Crippen LogP contribution >= 0.6 is 46.4 Å². The second-order valence-electron chi connectivity index (χ2n) is 4.19. The first-order valence-corrected chi connectivity index (χ1v) is 7.61. The summed E-state index contributed by atoms with van der Waals surface area (Å²) in [5.41, 5.74) is 5.40. The van der Waals surface area contributed by atoms with Gasteiger partial charge in [-0.3, -0.25) is 9.59 Å². The van der Waals surface area contributed by atoms with E-state index >= 15 is 0 Å². The second-order valence-corrected chi connectivity index (χ2v) is 5.82. The number of aliphatic hydroxyl groups excluding tert-OH is 1. The number of rotatable bonds is 3. The Balaban J connectivity index is 0.000000238. The third-order valence-electron chi connectivity index (χ3n) is 2.66. The van der Waals surface area contributed by atoms with Crippen LogP contribution in [-0.4, -0.2) is 17.3 Å². The molecular weight excluding hydrogens is 384 g/mol. The topological polar surface area (TPSA) is 80.4 Å². The van der Waals surface area contributed by atoms with Crippen LogP contribution in [0, 0.1) is 0 Å². The van der Waals surface area contributed by atoms with Gasteiger partial charge in [-0.25, -0.2) is 0 Å². The molecular formula is C15H11Cl4NO3. The molecule has 0 saturated heterocycles. The lowest BCUT2D eigenvalue weighted by molar-refractivity contribution is -0.126. The summed E-state index contributed by atoms with van der Waals surface area (Å²) in [5, 5.41) is 10.5. The first-order chi connectivity index (χ1) is 10.8. The van der Waals surface area contributed by atoms with Gasteiger partial charge in [0, 0.05) is 15.6 Å². The molecule has 1 unspecified atom stereocenters. The van der Waals surface area contributed by atoms with Crippen molar-refractivity contribution in [1.29, 1.82) is 0 Å². The maximum atomic E-state index is 10.7. The average molecular weight is 395 g/mol. The number of primary amides is 1. The minimum absolute atomic E-state index is 0.151. The van der Waals surface area contributed by atoms with Gasteiger partial charge in [0.05, 0.1) is 15.6 Å². The van der Waals surface area contributed by atoms with Crippen molar-refractivity contribution in [2.75, 3.05) is 0 Å². The van der Waals surface area contributed by atoms with Crippen molar-refractivity contribution in [3.63, 3.8) is 0 Å². The average Bonchev–Trinajstić information content (AvgIpc) is 2.47. The number of nitrogens with two attached hydrogens (primary N) is 1. The highest BCUT2D eigenvalue weighted by Gasteiger charge is 2.19. The fourth-order valence-corrected chi connectivity index (χ4v) is 2.63. The molecule has 0 fully saturated rings. The van der Waals surface area contributed by atoms with Gasteiger partial charge < -0.3 is 10.8 Å². The summed E-state index contributed by atoms with van der Waals surface area (Å²) in [5.74, 6) is -0.880. The van der Waals surface area contributed by atoms with Gasteiger partial charge in [0.15, 0.2) is 12.4 Å². The zero-order valence-electron chi connectivity index (χ0n) is 11.5. The smallest absolute Gasteiger partial charge is 0.251 e. The number of aliphatic hydroxyl groups is 1. The van der Waals surface area contributed by atoms with E-state index in [1.165, 1.54) is 12.1 Å². The summed E-state index contributed by atoms with van der Waals surface area (Å²) < 4.78 is 0. The fraction of sp³-hybridized carbons (Fsp3) is 0.0667. The highest BCUT2D eigenvalue weighted by atomic mass is 35.5. The van der Waals surface area contributed by atoms with Gasteiger partial charge in [-0.15, -0.1) is 0 Å². The minimum Gasteiger partial charge on any atom is -0.378 e. The van der Waals surface area contributed by atoms with Crippen molar-refractivity contribution in [3.8, 4) is 0 Å². The molecule has 4 nitrogen and oxygen atoms in total. The number of hydrogen-bond donors (Lipinski definition) is 2. The highest BCUT2D eigenvalue weighted by Crippen LogP contribution is 2.29. The Hall–Kier alpha value is -1.30. The van der Waals surface area contributed by atoms with Crippen LogP contribution < -0.4 is 5.73 Å². The van der Waals surface area contributed by atoms with Crippen LogP contribution in [0.25, 0.3) is 0 Å². The third-order valence-corrected chi connectivity index (χ3v) is 3.98. The Bertz CT molecular complexity index is 681. The fourth-order valence-electron chi connectivity index (χ4n) is 1.54. The number of carbonyl (C=O) groups is 2. The monoisotopic (exact) mass is 393 g/mol. The number of aldehydes is 1. The zero-order valence-corrected chi connectivity index (χ0v) is 14.5. The van der Waals surface area contributed by atoms with E-state index in [-0.39, 0.29) is 15.6 Å². The predicted molar refractivity (Wildman–Crippen MR) is 92.5 cm³/mol. The molecule has 1 atom stereocenters. The van der Waals surface area contributed by atoms with E-state index in [1.807, 2.05) is 0 Å². The second kappa shape index (κ2) is 9.11. The number of benzene rings is 2. The predicted octanol–water partition coefficient (Wildman–Crippen LogP) is 4.32. The van der Waals surface area contributed by atoms with E-state index in [0.717, 1.165) is 0 Å². The lowest BCUT2D eigenvalue weighted by Crippen LogP contribution is -2.21. The molecule has 0 aliphatic carbocycles. The van der Waals surface area contributed by atoms with Crippen LogP contribution in [0.15, 0.2) is 36.4 Å². The van der Waals surface area contributed by atoms with Gasteiger partial charge in [0.2, 0.25) is 0 Å². The van der Waals surface area contributed by atoms with Crippen LogP contribution in [0.1, 0.15) is 22.0 Å². The van der Waals surface area contributed by atoms with E-state index < -0.39 is 12.0 Å². The van der Waals surface area contributed by atoms with E-state index in [4.69, 9.17) is 52.1 Å². The molecule has 3 N–H and O–H groups in total. The van der Waals surface area contributed by atoms with Crippen molar-refractivity contribution in [3.05, 3.63) is 67.6 Å². The van der Waals surface area contributed by atoms with Crippen LogP contribution in [0.2, 0.25) is 20.1 Å². The molecule has 23 heavy (non-hydrogen) atoms. The molecule has 0 bridgehead atoms. The zero-order chi connectivity index (χ0) is 17.6. The summed E-state index contributed by atoms with van der Waals surface area (Å²) in [6, 6.07) is 9.59. The number of halogens is 4. The third kappa shape index (κ3) is 5.37. The lowest BCUT2D eigenvalue weighted by Gasteiger charge is -2.10. The highest BCUT2D eigenvalue weighted by molar-refractivity contribution is 6.38. The Kier molecular flexibility index (Phi) is 7.82. The van der Waals surface area contributed by atoms with Crippen LogP contribution in [0.3, 0.4) is 0 Å². The van der Waals surface area contributed by atoms with Crippen molar-refractivity contribution >= 4 is 58.6 Å². The molecule has 0 spiro atoms. The molecule has 1 amide bonds. The van der Waals surface area contributed by atoms with E-state index in [2.05, 4.69) is 0 Å². The van der Waals surface area contributed by atoms with Gasteiger partial charge in [0.25, 0.3) is 5.91 Å². The summed E-state index contributed by atoms with van der Waals surface area (Å²) in [4.78, 5) is 20.9. The van der Waals surface area contributed by atoms with Gasteiger partial charge in [-0.05, 0) is 24.3 Å². The maximum Gasteiger partial charge on any atom is 0.251 e. The van der Waals surface area contributed by atoms with Crippen molar-refractivity contribution in [2.45, 2.75) is 6.10 Å². The summed E-state index contributed by atoms with van der Waals surface area (Å²) >= 11 is 22.7.